The third-order valence-corrected chi connectivity index (χ3v) is 5.00. The van der Waals surface area contributed by atoms with E-state index >= 15 is 0 Å². The maximum absolute atomic E-state index is 12.9. The number of ether oxygens (including phenoxy) is 1. The van der Waals surface area contributed by atoms with Crippen molar-refractivity contribution in [3.05, 3.63) is 72.0 Å². The average Bonchev–Trinajstić information content (AvgIpc) is 3.25. The van der Waals surface area contributed by atoms with E-state index in [1.165, 1.54) is 0 Å². The maximum atomic E-state index is 12.9. The number of fused-ring (bicyclic) bond motifs is 4. The van der Waals surface area contributed by atoms with E-state index < -0.39 is 0 Å². The molecule has 0 atom stereocenters. The molecule has 1 N–H and O–H groups in total. The fraction of sp³-hybridized carbons (Fsp3) is 0.0870. The van der Waals surface area contributed by atoms with Gasteiger partial charge < -0.3 is 18.9 Å². The average molecular weight is 371 g/mol. The number of hydrogen-bond donors (Lipinski definition) is 1. The van der Waals surface area contributed by atoms with Crippen LogP contribution in [-0.4, -0.2) is 13.0 Å². The molecule has 2 heterocycles. The molecule has 3 aromatic carbocycles. The molecule has 0 aliphatic heterocycles. The van der Waals surface area contributed by atoms with Gasteiger partial charge in [-0.15, -0.1) is 0 Å². The number of aryl methyl sites for hydroxylation is 1. The molecule has 5 rings (SSSR count). The van der Waals surface area contributed by atoms with Gasteiger partial charge in [0.2, 0.25) is 0 Å². The Bertz CT molecular complexity index is 1360. The number of carbonyl (C=O) groups is 1. The Morgan fingerprint density at radius 1 is 0.857 bits per heavy atom. The number of rotatable bonds is 3. The fourth-order valence-corrected chi connectivity index (χ4v) is 3.59. The van der Waals surface area contributed by atoms with Gasteiger partial charge in [0.25, 0.3) is 5.91 Å². The van der Waals surface area contributed by atoms with Crippen LogP contribution in [0.4, 0.5) is 5.69 Å². The standard InChI is InChI=1S/C23H17NO4/c1-13-14-7-3-5-9-18(14)28-22(13)23(25)24-17-12-20-16(11-21(17)26-2)15-8-4-6-10-19(15)27-20/h3-12H,1-2H3,(H,24,25). The molecular formula is C23H17NO4. The van der Waals surface area contributed by atoms with Gasteiger partial charge in [-0.3, -0.25) is 4.79 Å². The van der Waals surface area contributed by atoms with Crippen molar-refractivity contribution in [2.24, 2.45) is 0 Å². The Balaban J connectivity index is 1.59. The van der Waals surface area contributed by atoms with Crippen LogP contribution in [0.2, 0.25) is 0 Å². The summed E-state index contributed by atoms with van der Waals surface area (Å²) in [6.07, 6.45) is 0. The van der Waals surface area contributed by atoms with E-state index in [4.69, 9.17) is 13.6 Å². The predicted octanol–water partition coefficient (Wildman–Crippen LogP) is 5.90. The zero-order valence-electron chi connectivity index (χ0n) is 15.4. The second-order valence-corrected chi connectivity index (χ2v) is 6.65. The highest BCUT2D eigenvalue weighted by molar-refractivity contribution is 6.10. The summed E-state index contributed by atoms with van der Waals surface area (Å²) in [6.45, 7) is 1.88. The van der Waals surface area contributed by atoms with E-state index in [2.05, 4.69) is 5.32 Å². The first-order valence-electron chi connectivity index (χ1n) is 8.94. The zero-order valence-corrected chi connectivity index (χ0v) is 15.4. The molecule has 0 unspecified atom stereocenters. The molecule has 138 valence electrons. The van der Waals surface area contributed by atoms with Crippen molar-refractivity contribution >= 4 is 44.5 Å². The van der Waals surface area contributed by atoms with Crippen molar-refractivity contribution in [1.29, 1.82) is 0 Å². The number of furan rings is 2. The molecule has 5 heteroatoms. The van der Waals surface area contributed by atoms with Crippen LogP contribution in [-0.2, 0) is 0 Å². The molecule has 0 radical (unpaired) electrons. The molecule has 0 bridgehead atoms. The smallest absolute Gasteiger partial charge is 0.291 e. The van der Waals surface area contributed by atoms with Gasteiger partial charge in [0.05, 0.1) is 12.8 Å². The van der Waals surface area contributed by atoms with Crippen molar-refractivity contribution in [1.82, 2.24) is 0 Å². The third-order valence-electron chi connectivity index (χ3n) is 5.00. The van der Waals surface area contributed by atoms with Crippen LogP contribution >= 0.6 is 0 Å². The van der Waals surface area contributed by atoms with Crippen LogP contribution in [0.15, 0.2) is 69.5 Å². The molecule has 0 saturated heterocycles. The van der Waals surface area contributed by atoms with Gasteiger partial charge in [-0.1, -0.05) is 36.4 Å². The Morgan fingerprint density at radius 2 is 1.54 bits per heavy atom. The highest BCUT2D eigenvalue weighted by Gasteiger charge is 2.20. The highest BCUT2D eigenvalue weighted by Crippen LogP contribution is 2.37. The van der Waals surface area contributed by atoms with Gasteiger partial charge >= 0.3 is 0 Å². The Kier molecular flexibility index (Phi) is 3.62. The zero-order chi connectivity index (χ0) is 19.3. The van der Waals surface area contributed by atoms with Gasteiger partial charge in [0.15, 0.2) is 5.76 Å². The summed E-state index contributed by atoms with van der Waals surface area (Å²) in [6, 6.07) is 19.0. The van der Waals surface area contributed by atoms with Crippen LogP contribution in [0.5, 0.6) is 5.75 Å². The summed E-state index contributed by atoms with van der Waals surface area (Å²) in [7, 11) is 1.57. The van der Waals surface area contributed by atoms with E-state index in [9.17, 15) is 4.79 Å². The van der Waals surface area contributed by atoms with Crippen LogP contribution in [0, 0.1) is 6.92 Å². The first-order valence-corrected chi connectivity index (χ1v) is 8.94. The lowest BCUT2D eigenvalue weighted by Gasteiger charge is -2.09. The van der Waals surface area contributed by atoms with Gasteiger partial charge in [0, 0.05) is 27.8 Å². The topological polar surface area (TPSA) is 64.6 Å². The Hall–Kier alpha value is -3.73. The molecule has 0 spiro atoms. The summed E-state index contributed by atoms with van der Waals surface area (Å²) in [5, 5.41) is 5.76. The fourth-order valence-electron chi connectivity index (χ4n) is 3.59. The Labute approximate surface area is 160 Å². The Morgan fingerprint density at radius 3 is 2.25 bits per heavy atom. The summed E-state index contributed by atoms with van der Waals surface area (Å²) >= 11 is 0. The van der Waals surface area contributed by atoms with E-state index in [0.717, 1.165) is 27.3 Å². The maximum Gasteiger partial charge on any atom is 0.291 e. The minimum absolute atomic E-state index is 0.285. The molecule has 1 amide bonds. The minimum atomic E-state index is -0.331. The number of anilines is 1. The number of amides is 1. The first kappa shape index (κ1) is 16.4. The number of carbonyl (C=O) groups excluding carboxylic acids is 1. The third kappa shape index (κ3) is 2.44. The van der Waals surface area contributed by atoms with Gasteiger partial charge in [0.1, 0.15) is 22.5 Å². The van der Waals surface area contributed by atoms with Crippen molar-refractivity contribution in [2.75, 3.05) is 12.4 Å². The molecule has 0 saturated carbocycles. The highest BCUT2D eigenvalue weighted by atomic mass is 16.5. The second-order valence-electron chi connectivity index (χ2n) is 6.65. The lowest BCUT2D eigenvalue weighted by Crippen LogP contribution is -2.12. The van der Waals surface area contributed by atoms with E-state index in [-0.39, 0.29) is 11.7 Å². The van der Waals surface area contributed by atoms with Crippen molar-refractivity contribution in [2.45, 2.75) is 6.92 Å². The number of benzene rings is 3. The largest absolute Gasteiger partial charge is 0.495 e. The molecule has 28 heavy (non-hydrogen) atoms. The van der Waals surface area contributed by atoms with Gasteiger partial charge in [-0.2, -0.15) is 0 Å². The summed E-state index contributed by atoms with van der Waals surface area (Å²) in [4.78, 5) is 12.9. The normalized spacial score (nSPS) is 11.4. The number of hydrogen-bond acceptors (Lipinski definition) is 4. The monoisotopic (exact) mass is 371 g/mol. The second kappa shape index (κ2) is 6.16. The van der Waals surface area contributed by atoms with Crippen molar-refractivity contribution in [3.63, 3.8) is 0 Å². The molecule has 5 aromatic rings. The minimum Gasteiger partial charge on any atom is -0.495 e. The van der Waals surface area contributed by atoms with E-state index in [1.807, 2.05) is 61.5 Å². The summed E-state index contributed by atoms with van der Waals surface area (Å²) in [5.41, 5.74) is 3.48. The number of nitrogens with one attached hydrogen (secondary N) is 1. The molecule has 5 nitrogen and oxygen atoms in total. The van der Waals surface area contributed by atoms with E-state index in [1.54, 1.807) is 13.2 Å². The van der Waals surface area contributed by atoms with Gasteiger partial charge in [-0.25, -0.2) is 0 Å². The van der Waals surface area contributed by atoms with Crippen LogP contribution in [0.25, 0.3) is 32.9 Å². The molecular weight excluding hydrogens is 354 g/mol. The number of methoxy groups -OCH3 is 1. The molecule has 0 aliphatic rings. The quantitative estimate of drug-likeness (QED) is 0.429. The van der Waals surface area contributed by atoms with E-state index in [0.29, 0.717) is 22.6 Å². The lowest BCUT2D eigenvalue weighted by molar-refractivity contribution is 0.0997. The van der Waals surface area contributed by atoms with Crippen LogP contribution in [0.3, 0.4) is 0 Å². The molecule has 0 fully saturated rings. The SMILES string of the molecule is COc1cc2c(cc1NC(=O)c1oc3ccccc3c1C)oc1ccccc12. The van der Waals surface area contributed by atoms with Crippen molar-refractivity contribution in [3.8, 4) is 5.75 Å². The van der Waals surface area contributed by atoms with Crippen LogP contribution in [0.1, 0.15) is 16.1 Å². The number of para-hydroxylation sites is 2. The van der Waals surface area contributed by atoms with Crippen LogP contribution < -0.4 is 10.1 Å². The molecule has 2 aromatic heterocycles. The summed E-state index contributed by atoms with van der Waals surface area (Å²) in [5.74, 6) is 0.511. The van der Waals surface area contributed by atoms with Crippen molar-refractivity contribution < 1.29 is 18.4 Å². The summed E-state index contributed by atoms with van der Waals surface area (Å²) < 4.78 is 17.2. The predicted molar refractivity (Wildman–Crippen MR) is 109 cm³/mol. The first-order chi connectivity index (χ1) is 13.7. The molecule has 0 aliphatic carbocycles. The van der Waals surface area contributed by atoms with Gasteiger partial charge in [-0.05, 0) is 25.1 Å². The lowest BCUT2D eigenvalue weighted by atomic mass is 10.1.